The Balaban J connectivity index is 1.68. The first-order valence-corrected chi connectivity index (χ1v) is 13.5. The zero-order chi connectivity index (χ0) is 24.1. The average molecular weight is 480 g/mol. The summed E-state index contributed by atoms with van der Waals surface area (Å²) in [7, 11) is 0. The summed E-state index contributed by atoms with van der Waals surface area (Å²) in [6, 6.07) is 39.9. The van der Waals surface area contributed by atoms with Crippen LogP contribution in [0.3, 0.4) is 0 Å². The summed E-state index contributed by atoms with van der Waals surface area (Å²) in [4.78, 5) is 28.1. The molecular formula is C30H26NO3P. The third kappa shape index (κ3) is 4.58. The molecule has 0 saturated carbocycles. The summed E-state index contributed by atoms with van der Waals surface area (Å²) in [5.41, 5.74) is 1.06. The topological polar surface area (TPSA) is 46.6 Å². The number of rotatable bonds is 6. The van der Waals surface area contributed by atoms with E-state index in [1.165, 1.54) is 4.90 Å². The number of imide groups is 1. The van der Waals surface area contributed by atoms with Crippen LogP contribution in [0.5, 0.6) is 0 Å². The maximum Gasteiger partial charge on any atom is 0.417 e. The Morgan fingerprint density at radius 2 is 1.17 bits per heavy atom. The molecule has 1 heterocycles. The predicted molar refractivity (Wildman–Crippen MR) is 143 cm³/mol. The normalized spacial score (nSPS) is 15.5. The SMILES string of the molecule is O=C(C=P(c1ccccc1)(c1ccccc1)c1ccccc1)N1C(=O)OC[C@H]1Cc1ccccc1. The average Bonchev–Trinajstić information content (AvgIpc) is 3.29. The van der Waals surface area contributed by atoms with Gasteiger partial charge in [-0.1, -0.05) is 121 Å². The van der Waals surface area contributed by atoms with Crippen molar-refractivity contribution in [3.05, 3.63) is 127 Å². The lowest BCUT2D eigenvalue weighted by molar-refractivity contribution is -0.121. The molecule has 1 aliphatic heterocycles. The van der Waals surface area contributed by atoms with E-state index >= 15 is 0 Å². The Labute approximate surface area is 205 Å². The number of nitrogens with zero attached hydrogens (tertiary/aromatic N) is 1. The molecule has 0 N–H and O–H groups in total. The highest BCUT2D eigenvalue weighted by atomic mass is 31.2. The van der Waals surface area contributed by atoms with Gasteiger partial charge in [-0.15, -0.1) is 0 Å². The molecule has 0 aliphatic carbocycles. The predicted octanol–water partition coefficient (Wildman–Crippen LogP) is 4.37. The van der Waals surface area contributed by atoms with E-state index in [2.05, 4.69) is 36.4 Å². The lowest BCUT2D eigenvalue weighted by Crippen LogP contribution is -2.42. The van der Waals surface area contributed by atoms with E-state index in [1.54, 1.807) is 5.80 Å². The smallest absolute Gasteiger partial charge is 0.417 e. The molecule has 174 valence electrons. The summed E-state index contributed by atoms with van der Waals surface area (Å²) in [6.07, 6.45) is -0.0287. The molecular weight excluding hydrogens is 453 g/mol. The molecule has 1 atom stereocenters. The van der Waals surface area contributed by atoms with Crippen LogP contribution in [-0.4, -0.2) is 35.3 Å². The van der Waals surface area contributed by atoms with Crippen LogP contribution >= 0.6 is 6.89 Å². The van der Waals surface area contributed by atoms with Crippen molar-refractivity contribution in [1.82, 2.24) is 4.90 Å². The molecule has 0 spiro atoms. The molecule has 0 aromatic heterocycles. The standard InChI is InChI=1S/C30H26NO3P/c32-29(31-25(22-34-30(31)33)21-24-13-5-1-6-14-24)23-35(26-15-7-2-8-16-26,27-17-9-3-10-18-27)28-19-11-4-12-20-28/h1-20,23,25H,21-22H2/t25-/m1/s1. The van der Waals surface area contributed by atoms with E-state index in [0.717, 1.165) is 21.5 Å². The van der Waals surface area contributed by atoms with Crippen molar-refractivity contribution in [3.63, 3.8) is 0 Å². The number of carbonyl (C=O) groups is 2. The van der Waals surface area contributed by atoms with Gasteiger partial charge in [0, 0.05) is 5.80 Å². The monoisotopic (exact) mass is 479 g/mol. The molecule has 5 rings (SSSR count). The van der Waals surface area contributed by atoms with Gasteiger partial charge in [0.15, 0.2) is 0 Å². The van der Waals surface area contributed by atoms with Crippen LogP contribution in [0.25, 0.3) is 0 Å². The Morgan fingerprint density at radius 1 is 0.743 bits per heavy atom. The lowest BCUT2D eigenvalue weighted by atomic mass is 10.1. The van der Waals surface area contributed by atoms with Gasteiger partial charge in [-0.25, -0.2) is 9.69 Å². The lowest BCUT2D eigenvalue weighted by Gasteiger charge is -2.29. The molecule has 0 unspecified atom stereocenters. The maximum absolute atomic E-state index is 14.0. The van der Waals surface area contributed by atoms with E-state index in [0.29, 0.717) is 6.42 Å². The Bertz CT molecular complexity index is 1250. The second-order valence-electron chi connectivity index (χ2n) is 8.49. The Kier molecular flexibility index (Phi) is 6.65. The van der Waals surface area contributed by atoms with Gasteiger partial charge in [0.05, 0.1) is 6.04 Å². The number of carbonyl (C=O) groups excluding carboxylic acids is 2. The third-order valence-electron chi connectivity index (χ3n) is 6.31. The first kappa shape index (κ1) is 22.9. The molecule has 2 amide bonds. The summed E-state index contributed by atoms with van der Waals surface area (Å²) in [5.74, 6) is 1.47. The number of hydrogen-bond donors (Lipinski definition) is 0. The van der Waals surface area contributed by atoms with Crippen molar-refractivity contribution in [2.24, 2.45) is 0 Å². The Morgan fingerprint density at radius 3 is 1.63 bits per heavy atom. The number of amides is 2. The van der Waals surface area contributed by atoms with Crippen molar-refractivity contribution >= 4 is 40.6 Å². The number of ether oxygens (including phenoxy) is 1. The van der Waals surface area contributed by atoms with E-state index in [4.69, 9.17) is 4.74 Å². The van der Waals surface area contributed by atoms with Crippen LogP contribution in [0.4, 0.5) is 4.79 Å². The Hall–Kier alpha value is -3.88. The molecule has 5 heteroatoms. The molecule has 4 aromatic carbocycles. The van der Waals surface area contributed by atoms with E-state index < -0.39 is 13.0 Å². The molecule has 1 fully saturated rings. The minimum Gasteiger partial charge on any atom is -0.447 e. The molecule has 0 bridgehead atoms. The van der Waals surface area contributed by atoms with Gasteiger partial charge in [-0.05, 0) is 34.8 Å². The summed E-state index contributed by atoms with van der Waals surface area (Å²) < 4.78 is 5.36. The van der Waals surface area contributed by atoms with Crippen molar-refractivity contribution < 1.29 is 14.3 Å². The van der Waals surface area contributed by atoms with Crippen molar-refractivity contribution in [2.75, 3.05) is 6.61 Å². The highest BCUT2D eigenvalue weighted by Crippen LogP contribution is 2.43. The van der Waals surface area contributed by atoms with Crippen LogP contribution in [0.15, 0.2) is 121 Å². The van der Waals surface area contributed by atoms with Gasteiger partial charge < -0.3 is 4.74 Å². The van der Waals surface area contributed by atoms with E-state index in [9.17, 15) is 9.59 Å². The first-order valence-electron chi connectivity index (χ1n) is 11.6. The fourth-order valence-corrected chi connectivity index (χ4v) is 8.38. The van der Waals surface area contributed by atoms with E-state index in [-0.39, 0.29) is 18.6 Å². The number of cyclic esters (lactones) is 1. The third-order valence-corrected chi connectivity index (χ3v) is 10.3. The second-order valence-corrected chi connectivity index (χ2v) is 11.7. The van der Waals surface area contributed by atoms with Crippen LogP contribution in [0.1, 0.15) is 5.56 Å². The van der Waals surface area contributed by atoms with Crippen LogP contribution in [0, 0.1) is 0 Å². The van der Waals surface area contributed by atoms with Crippen LogP contribution in [0.2, 0.25) is 0 Å². The first-order chi connectivity index (χ1) is 17.2. The zero-order valence-electron chi connectivity index (χ0n) is 19.2. The fraction of sp³-hybridized carbons (Fsp3) is 0.100. The molecule has 4 aromatic rings. The van der Waals surface area contributed by atoms with Crippen molar-refractivity contribution in [2.45, 2.75) is 12.5 Å². The van der Waals surface area contributed by atoms with Gasteiger partial charge in [-0.2, -0.15) is 0 Å². The quantitative estimate of drug-likeness (QED) is 0.386. The van der Waals surface area contributed by atoms with Gasteiger partial charge in [0.25, 0.3) is 5.91 Å². The molecule has 4 nitrogen and oxygen atoms in total. The van der Waals surface area contributed by atoms with Crippen LogP contribution < -0.4 is 15.9 Å². The minimum absolute atomic E-state index is 0.195. The number of hydrogen-bond acceptors (Lipinski definition) is 3. The molecule has 1 saturated heterocycles. The minimum atomic E-state index is -2.52. The maximum atomic E-state index is 14.0. The summed E-state index contributed by atoms with van der Waals surface area (Å²) in [5, 5.41) is 3.16. The molecule has 1 aliphatic rings. The fourth-order valence-electron chi connectivity index (χ4n) is 4.66. The van der Waals surface area contributed by atoms with Gasteiger partial charge in [-0.3, -0.25) is 4.79 Å². The van der Waals surface area contributed by atoms with Crippen molar-refractivity contribution in [3.8, 4) is 0 Å². The highest BCUT2D eigenvalue weighted by molar-refractivity contribution is 7.95. The largest absolute Gasteiger partial charge is 0.447 e. The zero-order valence-corrected chi connectivity index (χ0v) is 20.1. The van der Waals surface area contributed by atoms with Crippen LogP contribution in [-0.2, 0) is 16.0 Å². The van der Waals surface area contributed by atoms with Gasteiger partial charge in [0.2, 0.25) is 0 Å². The molecule has 0 radical (unpaired) electrons. The summed E-state index contributed by atoms with van der Waals surface area (Å²) >= 11 is 0. The van der Waals surface area contributed by atoms with Gasteiger partial charge >= 0.3 is 6.09 Å². The highest BCUT2D eigenvalue weighted by Gasteiger charge is 2.38. The summed E-state index contributed by atoms with van der Waals surface area (Å²) in [6.45, 7) is -2.33. The number of benzene rings is 4. The van der Waals surface area contributed by atoms with E-state index in [1.807, 2.05) is 84.9 Å². The van der Waals surface area contributed by atoms with Gasteiger partial charge in [0.1, 0.15) is 6.61 Å². The second kappa shape index (κ2) is 10.2. The van der Waals surface area contributed by atoms with Crippen molar-refractivity contribution in [1.29, 1.82) is 0 Å². The molecule has 35 heavy (non-hydrogen) atoms.